The quantitative estimate of drug-likeness (QED) is 0.812. The van der Waals surface area contributed by atoms with Crippen LogP contribution in [0, 0.1) is 0 Å². The predicted octanol–water partition coefficient (Wildman–Crippen LogP) is 2.09. The normalized spacial score (nSPS) is 26.5. The van der Waals surface area contributed by atoms with E-state index in [1.165, 1.54) is 0 Å². The average Bonchev–Trinajstić information content (AvgIpc) is 3.02. The molecule has 0 aliphatic heterocycles. The van der Waals surface area contributed by atoms with E-state index in [2.05, 4.69) is 15.5 Å². The number of nitrogens with one attached hydrogen (secondary N) is 1. The van der Waals surface area contributed by atoms with Gasteiger partial charge in [-0.15, -0.1) is 10.2 Å². The molecule has 0 saturated heterocycles. The summed E-state index contributed by atoms with van der Waals surface area (Å²) in [6.45, 7) is 5.07. The average molecular weight is 301 g/mol. The minimum absolute atomic E-state index is 0.114. The highest BCUT2D eigenvalue weighted by Gasteiger charge is 2.46. The van der Waals surface area contributed by atoms with Crippen LogP contribution in [0.3, 0.4) is 0 Å². The molecule has 2 rings (SSSR count). The molecule has 106 valence electrons. The van der Waals surface area contributed by atoms with E-state index in [9.17, 15) is 4.79 Å². The van der Waals surface area contributed by atoms with E-state index in [0.29, 0.717) is 11.9 Å². The second-order valence-corrected chi connectivity index (χ2v) is 6.90. The smallest absolute Gasteiger partial charge is 0.326 e. The first-order valence-corrected chi connectivity index (χ1v) is 8.31. The number of thioether (sulfide) groups is 1. The van der Waals surface area contributed by atoms with E-state index < -0.39 is 5.54 Å². The summed E-state index contributed by atoms with van der Waals surface area (Å²) in [4.78, 5) is 12.2. The molecule has 0 aromatic carbocycles. The Hall–Kier alpha value is -0.660. The van der Waals surface area contributed by atoms with Gasteiger partial charge in [-0.2, -0.15) is 0 Å². The van der Waals surface area contributed by atoms with Crippen LogP contribution in [0.4, 0.5) is 0 Å². The summed E-state index contributed by atoms with van der Waals surface area (Å²) in [6, 6.07) is 0. The van der Waals surface area contributed by atoms with Gasteiger partial charge in [-0.05, 0) is 32.7 Å². The number of hydrogen-bond donors (Lipinski definition) is 1. The van der Waals surface area contributed by atoms with Crippen molar-refractivity contribution in [3.8, 4) is 0 Å². The molecule has 1 aliphatic rings. The van der Waals surface area contributed by atoms with Crippen LogP contribution < -0.4 is 5.32 Å². The van der Waals surface area contributed by atoms with Crippen molar-refractivity contribution in [1.82, 2.24) is 15.5 Å². The second-order valence-electron chi connectivity index (χ2n) is 4.52. The highest BCUT2D eigenvalue weighted by molar-refractivity contribution is 8.01. The first kappa shape index (κ1) is 14.7. The molecule has 1 aromatic heterocycles. The third kappa shape index (κ3) is 3.46. The second kappa shape index (κ2) is 6.67. The molecule has 7 heteroatoms. The molecule has 1 fully saturated rings. The van der Waals surface area contributed by atoms with Crippen molar-refractivity contribution in [3.05, 3.63) is 5.51 Å². The molecule has 2 atom stereocenters. The zero-order valence-electron chi connectivity index (χ0n) is 11.2. The van der Waals surface area contributed by atoms with Gasteiger partial charge >= 0.3 is 5.97 Å². The predicted molar refractivity (Wildman–Crippen MR) is 76.4 cm³/mol. The van der Waals surface area contributed by atoms with Crippen LogP contribution in [0.25, 0.3) is 0 Å². The Labute approximate surface area is 121 Å². The van der Waals surface area contributed by atoms with Crippen LogP contribution in [-0.2, 0) is 9.53 Å². The van der Waals surface area contributed by atoms with Gasteiger partial charge in [0.25, 0.3) is 0 Å². The van der Waals surface area contributed by atoms with Gasteiger partial charge in [-0.3, -0.25) is 4.79 Å². The first-order chi connectivity index (χ1) is 9.20. The summed E-state index contributed by atoms with van der Waals surface area (Å²) >= 11 is 3.26. The molecular weight excluding hydrogens is 282 g/mol. The topological polar surface area (TPSA) is 64.1 Å². The van der Waals surface area contributed by atoms with Crippen LogP contribution in [-0.4, -0.2) is 40.1 Å². The number of carbonyl (C=O) groups is 1. The van der Waals surface area contributed by atoms with Crippen LogP contribution >= 0.6 is 23.1 Å². The molecule has 19 heavy (non-hydrogen) atoms. The van der Waals surface area contributed by atoms with Gasteiger partial charge in [0.1, 0.15) is 11.0 Å². The molecule has 1 N–H and O–H groups in total. The fourth-order valence-electron chi connectivity index (χ4n) is 2.48. The molecular formula is C12H19N3O2S2. The standard InChI is InChI=1S/C12H19N3O2S2/c1-3-13-12(10(16)17-4-2)6-5-9(7-12)19-11-15-14-8-18-11/h8-9,13H,3-7H2,1-2H3. The number of aromatic nitrogens is 2. The van der Waals surface area contributed by atoms with E-state index >= 15 is 0 Å². The minimum atomic E-state index is -0.507. The zero-order chi connectivity index (χ0) is 13.7. The number of rotatable bonds is 6. The molecule has 5 nitrogen and oxygen atoms in total. The van der Waals surface area contributed by atoms with Gasteiger partial charge in [0.15, 0.2) is 4.34 Å². The number of nitrogens with zero attached hydrogens (tertiary/aromatic N) is 2. The largest absolute Gasteiger partial charge is 0.465 e. The van der Waals surface area contributed by atoms with Crippen molar-refractivity contribution in [2.24, 2.45) is 0 Å². The fourth-order valence-corrected chi connectivity index (χ4v) is 4.50. The summed E-state index contributed by atoms with van der Waals surface area (Å²) in [5, 5.41) is 11.6. The number of hydrogen-bond acceptors (Lipinski definition) is 7. The molecule has 0 radical (unpaired) electrons. The number of esters is 1. The maximum absolute atomic E-state index is 12.2. The van der Waals surface area contributed by atoms with Crippen LogP contribution in [0.1, 0.15) is 33.1 Å². The summed E-state index contributed by atoms with van der Waals surface area (Å²) in [7, 11) is 0. The van der Waals surface area contributed by atoms with Crippen molar-refractivity contribution in [2.75, 3.05) is 13.2 Å². The monoisotopic (exact) mass is 301 g/mol. The summed E-state index contributed by atoms with van der Waals surface area (Å²) in [5.74, 6) is -0.114. The Morgan fingerprint density at radius 2 is 2.53 bits per heavy atom. The van der Waals surface area contributed by atoms with Crippen LogP contribution in [0.5, 0.6) is 0 Å². The highest BCUT2D eigenvalue weighted by Crippen LogP contribution is 2.41. The Bertz CT molecular complexity index is 413. The van der Waals surface area contributed by atoms with E-state index in [1.807, 2.05) is 13.8 Å². The Kier molecular flexibility index (Phi) is 5.18. The lowest BCUT2D eigenvalue weighted by Gasteiger charge is -2.27. The van der Waals surface area contributed by atoms with Crippen molar-refractivity contribution >= 4 is 29.1 Å². The molecule has 1 heterocycles. The van der Waals surface area contributed by atoms with Crippen LogP contribution in [0.15, 0.2) is 9.85 Å². The van der Waals surface area contributed by atoms with E-state index in [4.69, 9.17) is 4.74 Å². The fraction of sp³-hybridized carbons (Fsp3) is 0.750. The Morgan fingerprint density at radius 3 is 3.16 bits per heavy atom. The van der Waals surface area contributed by atoms with Gasteiger partial charge in [0.2, 0.25) is 0 Å². The van der Waals surface area contributed by atoms with E-state index in [1.54, 1.807) is 28.6 Å². The Balaban J connectivity index is 2.00. The molecule has 0 amide bonds. The van der Waals surface area contributed by atoms with Crippen molar-refractivity contribution < 1.29 is 9.53 Å². The highest BCUT2D eigenvalue weighted by atomic mass is 32.2. The van der Waals surface area contributed by atoms with Gasteiger partial charge in [-0.25, -0.2) is 0 Å². The number of ether oxygens (including phenoxy) is 1. The molecule has 1 saturated carbocycles. The lowest BCUT2D eigenvalue weighted by Crippen LogP contribution is -2.51. The number of carbonyl (C=O) groups excluding carboxylic acids is 1. The van der Waals surface area contributed by atoms with Crippen molar-refractivity contribution in [2.45, 2.75) is 48.2 Å². The third-order valence-electron chi connectivity index (χ3n) is 3.26. The molecule has 1 aliphatic carbocycles. The van der Waals surface area contributed by atoms with E-state index in [-0.39, 0.29) is 5.97 Å². The van der Waals surface area contributed by atoms with Gasteiger partial charge in [0, 0.05) is 5.25 Å². The molecule has 1 aromatic rings. The van der Waals surface area contributed by atoms with Crippen LogP contribution in [0.2, 0.25) is 0 Å². The van der Waals surface area contributed by atoms with E-state index in [0.717, 1.165) is 30.1 Å². The molecule has 0 spiro atoms. The van der Waals surface area contributed by atoms with Gasteiger partial charge in [0.05, 0.1) is 6.61 Å². The summed E-state index contributed by atoms with van der Waals surface area (Å²) in [5.41, 5.74) is 1.23. The minimum Gasteiger partial charge on any atom is -0.465 e. The van der Waals surface area contributed by atoms with Crippen molar-refractivity contribution in [1.29, 1.82) is 0 Å². The summed E-state index contributed by atoms with van der Waals surface area (Å²) < 4.78 is 6.20. The maximum Gasteiger partial charge on any atom is 0.326 e. The lowest BCUT2D eigenvalue weighted by molar-refractivity contribution is -0.151. The summed E-state index contributed by atoms with van der Waals surface area (Å²) in [6.07, 6.45) is 2.62. The number of likely N-dealkylation sites (N-methyl/N-ethyl adjacent to an activating group) is 1. The van der Waals surface area contributed by atoms with Gasteiger partial charge in [-0.1, -0.05) is 30.0 Å². The molecule has 0 bridgehead atoms. The van der Waals surface area contributed by atoms with Gasteiger partial charge < -0.3 is 10.1 Å². The zero-order valence-corrected chi connectivity index (χ0v) is 12.9. The molecule has 2 unspecified atom stereocenters. The third-order valence-corrected chi connectivity index (χ3v) is 5.34. The Morgan fingerprint density at radius 1 is 1.68 bits per heavy atom. The van der Waals surface area contributed by atoms with Crippen molar-refractivity contribution in [3.63, 3.8) is 0 Å². The lowest BCUT2D eigenvalue weighted by atomic mass is 9.98. The first-order valence-electron chi connectivity index (χ1n) is 6.55. The SMILES string of the molecule is CCNC1(C(=O)OCC)CCC(Sc2nncs2)C1. The maximum atomic E-state index is 12.2.